The van der Waals surface area contributed by atoms with Crippen LogP contribution >= 0.6 is 0 Å². The van der Waals surface area contributed by atoms with E-state index in [4.69, 9.17) is 9.47 Å². The molecule has 42 heavy (non-hydrogen) atoms. The van der Waals surface area contributed by atoms with Crippen molar-refractivity contribution in [1.82, 2.24) is 0 Å². The number of carboxylic acids is 1. The Balaban J connectivity index is 2.21. The Morgan fingerprint density at radius 1 is 0.810 bits per heavy atom. The van der Waals surface area contributed by atoms with Gasteiger partial charge in [-0.25, -0.2) is 4.79 Å². The Hall–Kier alpha value is -3.51. The molecule has 1 rings (SSSR count). The SMILES string of the molecule is CC/C=C\C/C=C\C/C=C\C/C=C\C/C=C\CCCCOCC(=O)CC(CC(C)C)C(=O)Oc1ccccc1C(=O)O. The first-order valence-corrected chi connectivity index (χ1v) is 15.2. The number of carboxylic acid groups (broad SMARTS) is 1. The van der Waals surface area contributed by atoms with Crippen LogP contribution in [-0.2, 0) is 14.3 Å². The van der Waals surface area contributed by atoms with Gasteiger partial charge in [-0.05, 0) is 75.8 Å². The van der Waals surface area contributed by atoms with Gasteiger partial charge in [0.05, 0.1) is 5.92 Å². The van der Waals surface area contributed by atoms with Crippen LogP contribution in [0, 0.1) is 11.8 Å². The fourth-order valence-electron chi connectivity index (χ4n) is 4.11. The van der Waals surface area contributed by atoms with Crippen LogP contribution < -0.4 is 4.74 Å². The third-order valence-electron chi connectivity index (χ3n) is 6.22. The van der Waals surface area contributed by atoms with Gasteiger partial charge in [0.25, 0.3) is 0 Å². The number of benzene rings is 1. The summed E-state index contributed by atoms with van der Waals surface area (Å²) in [6, 6.07) is 5.99. The molecule has 0 aliphatic carbocycles. The van der Waals surface area contributed by atoms with Crippen molar-refractivity contribution in [3.63, 3.8) is 0 Å². The molecule has 0 saturated carbocycles. The molecular weight excluding hydrogens is 528 g/mol. The first kappa shape index (κ1) is 36.5. The van der Waals surface area contributed by atoms with Gasteiger partial charge in [-0.15, -0.1) is 0 Å². The average molecular weight is 579 g/mol. The normalized spacial score (nSPS) is 13.0. The lowest BCUT2D eigenvalue weighted by Gasteiger charge is -2.18. The van der Waals surface area contributed by atoms with Crippen molar-refractivity contribution in [3.8, 4) is 5.75 Å². The maximum Gasteiger partial charge on any atom is 0.339 e. The number of allylic oxidation sites excluding steroid dienone is 10. The molecule has 230 valence electrons. The quantitative estimate of drug-likeness (QED) is 0.0604. The molecule has 1 aromatic carbocycles. The van der Waals surface area contributed by atoms with Crippen molar-refractivity contribution in [2.24, 2.45) is 11.8 Å². The van der Waals surface area contributed by atoms with E-state index in [2.05, 4.69) is 67.7 Å². The molecular formula is C36H50O6. The highest BCUT2D eigenvalue weighted by atomic mass is 16.5. The molecule has 0 aromatic heterocycles. The largest absolute Gasteiger partial charge is 0.478 e. The second kappa shape index (κ2) is 24.1. The number of hydrogen-bond donors (Lipinski definition) is 1. The molecule has 6 heteroatoms. The molecule has 0 aliphatic rings. The number of carbonyl (C=O) groups is 3. The zero-order valence-corrected chi connectivity index (χ0v) is 25.7. The van der Waals surface area contributed by atoms with Gasteiger partial charge in [0.15, 0.2) is 5.78 Å². The number of ether oxygens (including phenoxy) is 2. The van der Waals surface area contributed by atoms with E-state index < -0.39 is 17.9 Å². The third kappa shape index (κ3) is 18.8. The standard InChI is InChI=1S/C36H50O6/c1-4-5-6-7-8-9-10-11-12-13-14-15-16-17-18-19-20-23-26-41-29-32(37)28-31(27-30(2)3)36(40)42-34-25-22-21-24-33(34)35(38)39/h5-6,8-9,11-12,14-15,17-18,21-22,24-25,30-31H,4,7,10,13,16,19-20,23,26-29H2,1-3H3,(H,38,39)/b6-5-,9-8-,12-11-,15-14-,18-17-. The highest BCUT2D eigenvalue weighted by Gasteiger charge is 2.26. The lowest BCUT2D eigenvalue weighted by atomic mass is 9.92. The molecule has 0 fully saturated rings. The molecule has 0 aliphatic heterocycles. The minimum absolute atomic E-state index is 0.00624. The van der Waals surface area contributed by atoms with E-state index >= 15 is 0 Å². The Kier molecular flexibility index (Phi) is 21.0. The Morgan fingerprint density at radius 2 is 1.38 bits per heavy atom. The predicted octanol–water partition coefficient (Wildman–Crippen LogP) is 8.85. The Morgan fingerprint density at radius 3 is 1.95 bits per heavy atom. The van der Waals surface area contributed by atoms with Crippen LogP contribution in [0.15, 0.2) is 85.0 Å². The molecule has 1 unspecified atom stereocenters. The van der Waals surface area contributed by atoms with E-state index in [1.54, 1.807) is 12.1 Å². The molecule has 0 spiro atoms. The first-order chi connectivity index (χ1) is 20.3. The number of Topliss-reactive ketones (excluding diaryl/α,β-unsaturated/α-hetero) is 1. The zero-order valence-electron chi connectivity index (χ0n) is 25.7. The van der Waals surface area contributed by atoms with Crippen molar-refractivity contribution in [3.05, 3.63) is 90.6 Å². The molecule has 1 atom stereocenters. The number of para-hydroxylation sites is 1. The molecule has 0 heterocycles. The summed E-state index contributed by atoms with van der Waals surface area (Å²) < 4.78 is 10.9. The summed E-state index contributed by atoms with van der Waals surface area (Å²) in [7, 11) is 0. The van der Waals surface area contributed by atoms with Crippen molar-refractivity contribution in [1.29, 1.82) is 0 Å². The third-order valence-corrected chi connectivity index (χ3v) is 6.22. The first-order valence-electron chi connectivity index (χ1n) is 15.2. The molecule has 1 aromatic rings. The van der Waals surface area contributed by atoms with Gasteiger partial charge in [-0.3, -0.25) is 9.59 Å². The van der Waals surface area contributed by atoms with E-state index in [1.165, 1.54) is 12.1 Å². The number of hydrogen-bond acceptors (Lipinski definition) is 5. The van der Waals surface area contributed by atoms with Gasteiger partial charge in [-0.2, -0.15) is 0 Å². The van der Waals surface area contributed by atoms with Gasteiger partial charge in [0, 0.05) is 13.0 Å². The number of rotatable bonds is 23. The lowest BCUT2D eigenvalue weighted by Crippen LogP contribution is -2.27. The van der Waals surface area contributed by atoms with E-state index in [0.717, 1.165) is 51.4 Å². The number of carbonyl (C=O) groups excluding carboxylic acids is 2. The van der Waals surface area contributed by atoms with Gasteiger partial charge in [0.1, 0.15) is 17.9 Å². The van der Waals surface area contributed by atoms with Gasteiger partial charge in [-0.1, -0.05) is 93.7 Å². The zero-order chi connectivity index (χ0) is 30.8. The average Bonchev–Trinajstić information content (AvgIpc) is 2.95. The molecule has 0 radical (unpaired) electrons. The summed E-state index contributed by atoms with van der Waals surface area (Å²) in [6.07, 6.45) is 30.1. The highest BCUT2D eigenvalue weighted by Crippen LogP contribution is 2.23. The van der Waals surface area contributed by atoms with Gasteiger partial charge in [0.2, 0.25) is 0 Å². The van der Waals surface area contributed by atoms with Crippen molar-refractivity contribution < 1.29 is 29.0 Å². The summed E-state index contributed by atoms with van der Waals surface area (Å²) in [6.45, 7) is 6.51. The van der Waals surface area contributed by atoms with Crippen LogP contribution in [0.2, 0.25) is 0 Å². The van der Waals surface area contributed by atoms with Crippen molar-refractivity contribution in [2.75, 3.05) is 13.2 Å². The molecule has 1 N–H and O–H groups in total. The van der Waals surface area contributed by atoms with Crippen molar-refractivity contribution >= 4 is 17.7 Å². The molecule has 0 amide bonds. The maximum absolute atomic E-state index is 12.8. The van der Waals surface area contributed by atoms with E-state index in [9.17, 15) is 19.5 Å². The second-order valence-corrected chi connectivity index (χ2v) is 10.5. The number of esters is 1. The lowest BCUT2D eigenvalue weighted by molar-refractivity contribution is -0.142. The minimum atomic E-state index is -1.18. The Bertz CT molecular complexity index is 1060. The van der Waals surface area contributed by atoms with E-state index in [0.29, 0.717) is 13.0 Å². The number of ketones is 1. The fourth-order valence-corrected chi connectivity index (χ4v) is 4.11. The fraction of sp³-hybridized carbons (Fsp3) is 0.472. The van der Waals surface area contributed by atoms with E-state index in [-0.39, 0.29) is 36.0 Å². The van der Waals surface area contributed by atoms with Crippen LogP contribution in [0.25, 0.3) is 0 Å². The molecule has 0 saturated heterocycles. The van der Waals surface area contributed by atoms with Crippen LogP contribution in [0.3, 0.4) is 0 Å². The highest BCUT2D eigenvalue weighted by molar-refractivity contribution is 5.92. The topological polar surface area (TPSA) is 89.9 Å². The number of unbranched alkanes of at least 4 members (excludes halogenated alkanes) is 2. The van der Waals surface area contributed by atoms with Crippen molar-refractivity contribution in [2.45, 2.75) is 85.0 Å². The molecule has 0 bridgehead atoms. The van der Waals surface area contributed by atoms with Crippen LogP contribution in [-0.4, -0.2) is 36.0 Å². The summed E-state index contributed by atoms with van der Waals surface area (Å²) in [5.74, 6) is -2.44. The molecule has 6 nitrogen and oxygen atoms in total. The predicted molar refractivity (Wildman–Crippen MR) is 171 cm³/mol. The second-order valence-electron chi connectivity index (χ2n) is 10.5. The minimum Gasteiger partial charge on any atom is -0.478 e. The number of aromatic carboxylic acids is 1. The summed E-state index contributed by atoms with van der Waals surface area (Å²) in [5, 5.41) is 9.32. The summed E-state index contributed by atoms with van der Waals surface area (Å²) >= 11 is 0. The smallest absolute Gasteiger partial charge is 0.339 e. The Labute approximate surface area is 252 Å². The summed E-state index contributed by atoms with van der Waals surface area (Å²) in [4.78, 5) is 36.7. The summed E-state index contributed by atoms with van der Waals surface area (Å²) in [5.41, 5.74) is -0.0895. The van der Waals surface area contributed by atoms with Gasteiger partial charge >= 0.3 is 11.9 Å². The monoisotopic (exact) mass is 578 g/mol. The van der Waals surface area contributed by atoms with Crippen LogP contribution in [0.1, 0.15) is 95.3 Å². The maximum atomic E-state index is 12.8. The van der Waals surface area contributed by atoms with E-state index in [1.807, 2.05) is 13.8 Å². The van der Waals surface area contributed by atoms with Crippen LogP contribution in [0.5, 0.6) is 5.75 Å². The van der Waals surface area contributed by atoms with Gasteiger partial charge < -0.3 is 14.6 Å². The van der Waals surface area contributed by atoms with Crippen LogP contribution in [0.4, 0.5) is 0 Å².